The van der Waals surface area contributed by atoms with Crippen LogP contribution in [0.5, 0.6) is 0 Å². The molecule has 192 valence electrons. The Balaban J connectivity index is 1.74. The van der Waals surface area contributed by atoms with Gasteiger partial charge in [-0.2, -0.15) is 0 Å². The van der Waals surface area contributed by atoms with Crippen molar-refractivity contribution in [2.45, 2.75) is 65.3 Å². The molecule has 0 aromatic heterocycles. The molecule has 3 N–H and O–H groups in total. The quantitative estimate of drug-likeness (QED) is 0.304. The number of anilines is 1. The van der Waals surface area contributed by atoms with Crippen LogP contribution in [0.4, 0.5) is 10.5 Å². The molecule has 1 aromatic carbocycles. The summed E-state index contributed by atoms with van der Waals surface area (Å²) in [4.78, 5) is 47.3. The van der Waals surface area contributed by atoms with Crippen LogP contribution in [0, 0.1) is 6.92 Å². The van der Waals surface area contributed by atoms with Crippen LogP contribution >= 0.6 is 0 Å². The second-order valence-electron chi connectivity index (χ2n) is 9.89. The predicted molar refractivity (Wildman–Crippen MR) is 143 cm³/mol. The van der Waals surface area contributed by atoms with Crippen LogP contribution in [0.2, 0.25) is 0 Å². The van der Waals surface area contributed by atoms with Gasteiger partial charge >= 0.3 is 6.03 Å². The molecule has 0 radical (unpaired) electrons. The van der Waals surface area contributed by atoms with E-state index in [-0.39, 0.29) is 11.7 Å². The van der Waals surface area contributed by atoms with Crippen LogP contribution in [0.1, 0.15) is 58.6 Å². The van der Waals surface area contributed by atoms with Gasteiger partial charge in [-0.1, -0.05) is 18.7 Å². The first-order chi connectivity index (χ1) is 16.9. The Morgan fingerprint density at radius 3 is 2.42 bits per heavy atom. The third kappa shape index (κ3) is 5.56. The van der Waals surface area contributed by atoms with Crippen molar-refractivity contribution in [3.8, 4) is 0 Å². The molecule has 0 unspecified atom stereocenters. The number of urea groups is 1. The number of aryl methyl sites for hydroxylation is 1. The van der Waals surface area contributed by atoms with E-state index in [1.54, 1.807) is 13.1 Å². The number of nitrogens with one attached hydrogen (secondary N) is 3. The van der Waals surface area contributed by atoms with E-state index >= 15 is 0 Å². The van der Waals surface area contributed by atoms with Crippen LogP contribution in [-0.2, 0) is 15.0 Å². The van der Waals surface area contributed by atoms with E-state index in [2.05, 4.69) is 37.4 Å². The molecule has 1 spiro atoms. The minimum atomic E-state index is -0.851. The maximum Gasteiger partial charge on any atom is 0.322 e. The number of amides is 3. The van der Waals surface area contributed by atoms with Crippen LogP contribution in [0.3, 0.4) is 0 Å². The number of likely N-dealkylation sites (tertiary alicyclic amines) is 1. The zero-order chi connectivity index (χ0) is 26.7. The summed E-state index contributed by atoms with van der Waals surface area (Å²) < 4.78 is 0. The second kappa shape index (κ2) is 10.5. The van der Waals surface area contributed by atoms with Crippen molar-refractivity contribution in [1.82, 2.24) is 15.5 Å². The van der Waals surface area contributed by atoms with E-state index in [4.69, 9.17) is 0 Å². The van der Waals surface area contributed by atoms with E-state index in [0.717, 1.165) is 16.8 Å². The Morgan fingerprint density at radius 2 is 1.89 bits per heavy atom. The van der Waals surface area contributed by atoms with Crippen molar-refractivity contribution < 1.29 is 14.4 Å². The predicted octanol–water partition coefficient (Wildman–Crippen LogP) is 3.81. The number of ketones is 1. The molecular formula is C27H36N6O3. The highest BCUT2D eigenvalue weighted by molar-refractivity contribution is 6.40. The van der Waals surface area contributed by atoms with Gasteiger partial charge in [-0.05, 0) is 77.6 Å². The molecule has 2 saturated heterocycles. The standard InChI is InChI=1S/C27H36N6O3/c1-8-13-28-23(33-14-11-27(12-15-33)24(35)31-25(36)32-27)18(3)29-20(5)30-21-9-10-22(17(2)16-21)26(6,7)19(4)34/h8-10,13,16,30H,5,11-12,14-15H2,1-4,6-7H3,(H2,31,32,35,36)/b13-8-,28-23?,29-18?. The van der Waals surface area contributed by atoms with Crippen LogP contribution in [-0.4, -0.2) is 52.8 Å². The van der Waals surface area contributed by atoms with Crippen molar-refractivity contribution in [1.29, 1.82) is 0 Å². The lowest BCUT2D eigenvalue weighted by molar-refractivity contribution is -0.125. The molecule has 0 atom stereocenters. The van der Waals surface area contributed by atoms with Crippen molar-refractivity contribution >= 4 is 35.0 Å². The molecule has 0 bridgehead atoms. The molecule has 36 heavy (non-hydrogen) atoms. The van der Waals surface area contributed by atoms with Crippen LogP contribution in [0.15, 0.2) is 52.9 Å². The number of benzene rings is 1. The number of nitrogens with zero attached hydrogens (tertiary/aromatic N) is 3. The summed E-state index contributed by atoms with van der Waals surface area (Å²) in [6.45, 7) is 16.4. The van der Waals surface area contributed by atoms with Gasteiger partial charge in [0.25, 0.3) is 5.91 Å². The second-order valence-corrected chi connectivity index (χ2v) is 9.89. The smallest absolute Gasteiger partial charge is 0.322 e. The Labute approximate surface area is 212 Å². The minimum absolute atomic E-state index is 0.114. The summed E-state index contributed by atoms with van der Waals surface area (Å²) in [5.74, 6) is 0.985. The molecule has 1 aromatic rings. The average molecular weight is 493 g/mol. The molecule has 2 aliphatic rings. The minimum Gasteiger partial charge on any atom is -0.355 e. The number of carbonyl (C=O) groups excluding carboxylic acids is 3. The van der Waals surface area contributed by atoms with Gasteiger partial charge in [0.1, 0.15) is 23.0 Å². The van der Waals surface area contributed by atoms with Gasteiger partial charge in [-0.15, -0.1) is 0 Å². The van der Waals surface area contributed by atoms with E-state index in [9.17, 15) is 14.4 Å². The summed E-state index contributed by atoms with van der Waals surface area (Å²) in [5, 5.41) is 8.35. The maximum absolute atomic E-state index is 12.3. The zero-order valence-corrected chi connectivity index (χ0v) is 22.0. The van der Waals surface area contributed by atoms with E-state index in [1.165, 1.54) is 0 Å². The lowest BCUT2D eigenvalue weighted by Gasteiger charge is -2.38. The van der Waals surface area contributed by atoms with Gasteiger partial charge in [0.05, 0.1) is 5.71 Å². The Kier molecular flexibility index (Phi) is 7.81. The number of hydrogen-bond acceptors (Lipinski definition) is 6. The highest BCUT2D eigenvalue weighted by Gasteiger charge is 2.48. The summed E-state index contributed by atoms with van der Waals surface area (Å²) in [7, 11) is 0. The highest BCUT2D eigenvalue weighted by atomic mass is 16.2. The van der Waals surface area contributed by atoms with Gasteiger partial charge in [0, 0.05) is 30.4 Å². The number of Topliss-reactive ketones (excluding diaryl/α,β-unsaturated/α-hetero) is 1. The van der Waals surface area contributed by atoms with E-state index < -0.39 is 17.0 Å². The lowest BCUT2D eigenvalue weighted by Crippen LogP contribution is -2.56. The highest BCUT2D eigenvalue weighted by Crippen LogP contribution is 2.30. The lowest BCUT2D eigenvalue weighted by atomic mass is 9.79. The van der Waals surface area contributed by atoms with Crippen molar-refractivity contribution in [2.75, 3.05) is 18.4 Å². The Hall–Kier alpha value is -3.75. The van der Waals surface area contributed by atoms with Gasteiger partial charge in [0.15, 0.2) is 0 Å². The SMILES string of the molecule is C=C(N=C(C)C(=N/C=C\C)N1CCC2(CC1)NC(=O)NC2=O)Nc1ccc(C(C)(C)C(C)=O)c(C)c1. The molecule has 9 heteroatoms. The van der Waals surface area contributed by atoms with Gasteiger partial charge in [-0.3, -0.25) is 14.9 Å². The summed E-state index contributed by atoms with van der Waals surface area (Å²) in [6.07, 6.45) is 4.50. The topological polar surface area (TPSA) is 115 Å². The number of aliphatic imine (C=N–C) groups is 2. The van der Waals surface area contributed by atoms with E-state index in [0.29, 0.717) is 43.3 Å². The average Bonchev–Trinajstić information content (AvgIpc) is 3.07. The summed E-state index contributed by atoms with van der Waals surface area (Å²) in [5.41, 5.74) is 2.09. The number of hydrogen-bond donors (Lipinski definition) is 3. The molecule has 2 fully saturated rings. The molecule has 3 amide bonds. The van der Waals surface area contributed by atoms with E-state index in [1.807, 2.05) is 58.9 Å². The van der Waals surface area contributed by atoms with Crippen molar-refractivity contribution in [2.24, 2.45) is 9.98 Å². The van der Waals surface area contributed by atoms with Crippen molar-refractivity contribution in [3.63, 3.8) is 0 Å². The first-order valence-corrected chi connectivity index (χ1v) is 12.1. The fraction of sp³-hybridized carbons (Fsp3) is 0.444. The number of amidine groups is 1. The van der Waals surface area contributed by atoms with Gasteiger partial charge in [-0.25, -0.2) is 14.8 Å². The third-order valence-electron chi connectivity index (χ3n) is 6.97. The summed E-state index contributed by atoms with van der Waals surface area (Å²) in [6, 6.07) is 5.42. The number of carbonyl (C=O) groups is 3. The molecule has 2 heterocycles. The van der Waals surface area contributed by atoms with Gasteiger partial charge in [0.2, 0.25) is 0 Å². The molecule has 3 rings (SSSR count). The number of rotatable bonds is 7. The number of imide groups is 1. The summed E-state index contributed by atoms with van der Waals surface area (Å²) >= 11 is 0. The largest absolute Gasteiger partial charge is 0.355 e. The number of piperidine rings is 1. The third-order valence-corrected chi connectivity index (χ3v) is 6.97. The Bertz CT molecular complexity index is 1170. The first-order valence-electron chi connectivity index (χ1n) is 12.1. The number of allylic oxidation sites excluding steroid dienone is 1. The fourth-order valence-electron chi connectivity index (χ4n) is 4.61. The van der Waals surface area contributed by atoms with Crippen LogP contribution in [0.25, 0.3) is 0 Å². The van der Waals surface area contributed by atoms with Crippen molar-refractivity contribution in [3.05, 3.63) is 54.0 Å². The zero-order valence-electron chi connectivity index (χ0n) is 22.0. The maximum atomic E-state index is 12.3. The molecule has 2 aliphatic heterocycles. The molecular weight excluding hydrogens is 456 g/mol. The monoisotopic (exact) mass is 492 g/mol. The van der Waals surface area contributed by atoms with Gasteiger partial charge < -0.3 is 15.5 Å². The molecule has 9 nitrogen and oxygen atoms in total. The Morgan fingerprint density at radius 1 is 1.22 bits per heavy atom. The normalized spacial score (nSPS) is 18.4. The first kappa shape index (κ1) is 26.8. The van der Waals surface area contributed by atoms with Crippen LogP contribution < -0.4 is 16.0 Å². The fourth-order valence-corrected chi connectivity index (χ4v) is 4.61. The molecule has 0 aliphatic carbocycles. The molecule has 0 saturated carbocycles.